The molecule has 0 unspecified atom stereocenters. The van der Waals surface area contributed by atoms with E-state index in [4.69, 9.17) is 0 Å². The van der Waals surface area contributed by atoms with Crippen molar-refractivity contribution in [2.75, 3.05) is 13.1 Å². The van der Waals surface area contributed by atoms with Crippen molar-refractivity contribution in [3.63, 3.8) is 0 Å². The molecule has 0 atom stereocenters. The molecule has 1 heterocycles. The maximum Gasteiger partial charge on any atom is 0.277 e. The standard InChI is InChI=1S/C12H20N4O2S/c17-19(18,16-12-4-5-12)15-8-2-7-14-10-11-3-1-6-13-9-11/h1,3,6,9,12,14-16H,2,4-5,7-8,10H2. The number of nitrogens with zero attached hydrogens (tertiary/aromatic N) is 1. The molecule has 0 spiro atoms. The molecule has 0 aromatic carbocycles. The van der Waals surface area contributed by atoms with Crippen LogP contribution >= 0.6 is 0 Å². The van der Waals surface area contributed by atoms with Crippen LogP contribution in [-0.4, -0.2) is 32.5 Å². The van der Waals surface area contributed by atoms with E-state index in [1.54, 1.807) is 6.20 Å². The zero-order valence-electron chi connectivity index (χ0n) is 10.8. The van der Waals surface area contributed by atoms with Crippen LogP contribution in [0.15, 0.2) is 24.5 Å². The van der Waals surface area contributed by atoms with Crippen LogP contribution in [0.25, 0.3) is 0 Å². The van der Waals surface area contributed by atoms with Crippen LogP contribution in [0.5, 0.6) is 0 Å². The first-order valence-electron chi connectivity index (χ1n) is 6.52. The highest BCUT2D eigenvalue weighted by Gasteiger charge is 2.26. The Morgan fingerprint density at radius 2 is 2.16 bits per heavy atom. The first-order chi connectivity index (χ1) is 9.16. The Labute approximate surface area is 114 Å². The van der Waals surface area contributed by atoms with Gasteiger partial charge in [0.15, 0.2) is 0 Å². The highest BCUT2D eigenvalue weighted by molar-refractivity contribution is 7.87. The molecule has 0 radical (unpaired) electrons. The van der Waals surface area contributed by atoms with Gasteiger partial charge in [-0.2, -0.15) is 13.1 Å². The van der Waals surface area contributed by atoms with Crippen LogP contribution in [0, 0.1) is 0 Å². The van der Waals surface area contributed by atoms with Crippen LogP contribution < -0.4 is 14.8 Å². The summed E-state index contributed by atoms with van der Waals surface area (Å²) >= 11 is 0. The molecule has 6 nitrogen and oxygen atoms in total. The average Bonchev–Trinajstić information content (AvgIpc) is 3.18. The van der Waals surface area contributed by atoms with E-state index in [-0.39, 0.29) is 6.04 Å². The summed E-state index contributed by atoms with van der Waals surface area (Å²) in [6.45, 7) is 1.96. The summed E-state index contributed by atoms with van der Waals surface area (Å²) in [7, 11) is -3.30. The van der Waals surface area contributed by atoms with E-state index in [1.165, 1.54) is 0 Å². The van der Waals surface area contributed by atoms with E-state index in [2.05, 4.69) is 19.7 Å². The van der Waals surface area contributed by atoms with Gasteiger partial charge in [0.1, 0.15) is 0 Å². The molecule has 1 saturated carbocycles. The molecule has 1 aromatic rings. The molecule has 106 valence electrons. The number of hydrogen-bond donors (Lipinski definition) is 3. The number of aromatic nitrogens is 1. The van der Waals surface area contributed by atoms with Crippen molar-refractivity contribution < 1.29 is 8.42 Å². The van der Waals surface area contributed by atoms with E-state index >= 15 is 0 Å². The van der Waals surface area contributed by atoms with Gasteiger partial charge in [-0.15, -0.1) is 0 Å². The molecule has 0 bridgehead atoms. The van der Waals surface area contributed by atoms with Gasteiger partial charge in [-0.05, 0) is 37.4 Å². The molecular weight excluding hydrogens is 264 g/mol. The summed E-state index contributed by atoms with van der Waals surface area (Å²) in [5.41, 5.74) is 1.12. The maximum atomic E-state index is 11.5. The van der Waals surface area contributed by atoms with Gasteiger partial charge >= 0.3 is 0 Å². The van der Waals surface area contributed by atoms with Crippen molar-refractivity contribution in [1.82, 2.24) is 19.7 Å². The molecule has 1 fully saturated rings. The fraction of sp³-hybridized carbons (Fsp3) is 0.583. The molecule has 0 saturated heterocycles. The van der Waals surface area contributed by atoms with Gasteiger partial charge in [0.05, 0.1) is 0 Å². The highest BCUT2D eigenvalue weighted by Crippen LogP contribution is 2.19. The summed E-state index contributed by atoms with van der Waals surface area (Å²) in [6.07, 6.45) is 6.22. The largest absolute Gasteiger partial charge is 0.313 e. The quantitative estimate of drug-likeness (QED) is 0.564. The van der Waals surface area contributed by atoms with Crippen LogP contribution in [0.3, 0.4) is 0 Å². The van der Waals surface area contributed by atoms with E-state index < -0.39 is 10.2 Å². The zero-order valence-corrected chi connectivity index (χ0v) is 11.6. The molecule has 19 heavy (non-hydrogen) atoms. The van der Waals surface area contributed by atoms with Gasteiger partial charge in [0, 0.05) is 31.5 Å². The van der Waals surface area contributed by atoms with E-state index in [1.807, 2.05) is 18.3 Å². The minimum absolute atomic E-state index is 0.154. The van der Waals surface area contributed by atoms with Crippen molar-refractivity contribution in [3.8, 4) is 0 Å². The Morgan fingerprint density at radius 3 is 2.84 bits per heavy atom. The summed E-state index contributed by atoms with van der Waals surface area (Å²) in [5.74, 6) is 0. The summed E-state index contributed by atoms with van der Waals surface area (Å²) in [5, 5.41) is 3.25. The topological polar surface area (TPSA) is 83.1 Å². The van der Waals surface area contributed by atoms with Gasteiger partial charge < -0.3 is 5.32 Å². The van der Waals surface area contributed by atoms with Crippen molar-refractivity contribution in [3.05, 3.63) is 30.1 Å². The van der Waals surface area contributed by atoms with Gasteiger partial charge in [-0.3, -0.25) is 4.98 Å². The molecule has 3 N–H and O–H groups in total. The Hall–Kier alpha value is -1.02. The van der Waals surface area contributed by atoms with Crippen LogP contribution in [0.1, 0.15) is 24.8 Å². The van der Waals surface area contributed by atoms with Gasteiger partial charge in [-0.25, -0.2) is 4.72 Å². The smallest absolute Gasteiger partial charge is 0.277 e. The minimum Gasteiger partial charge on any atom is -0.313 e. The predicted octanol–water partition coefficient (Wildman–Crippen LogP) is 0.148. The molecule has 1 aliphatic carbocycles. The lowest BCUT2D eigenvalue weighted by Gasteiger charge is -2.08. The monoisotopic (exact) mass is 284 g/mol. The summed E-state index contributed by atoms with van der Waals surface area (Å²) in [4.78, 5) is 4.03. The molecule has 0 aliphatic heterocycles. The van der Waals surface area contributed by atoms with E-state index in [9.17, 15) is 8.42 Å². The summed E-state index contributed by atoms with van der Waals surface area (Å²) < 4.78 is 28.1. The fourth-order valence-corrected chi connectivity index (χ4v) is 2.79. The van der Waals surface area contributed by atoms with E-state index in [0.717, 1.165) is 37.9 Å². The maximum absolute atomic E-state index is 11.5. The highest BCUT2D eigenvalue weighted by atomic mass is 32.2. The lowest BCUT2D eigenvalue weighted by atomic mass is 10.3. The molecular formula is C12H20N4O2S. The Bertz CT molecular complexity index is 474. The van der Waals surface area contributed by atoms with Gasteiger partial charge in [0.2, 0.25) is 0 Å². The SMILES string of the molecule is O=S(=O)(NCCCNCc1cccnc1)NC1CC1. The van der Waals surface area contributed by atoms with Crippen LogP contribution in [0.4, 0.5) is 0 Å². The number of rotatable bonds is 9. The first-order valence-corrected chi connectivity index (χ1v) is 8.00. The third kappa shape index (κ3) is 6.11. The molecule has 7 heteroatoms. The number of pyridine rings is 1. The van der Waals surface area contributed by atoms with E-state index in [0.29, 0.717) is 6.54 Å². The molecule has 1 aliphatic rings. The average molecular weight is 284 g/mol. The lowest BCUT2D eigenvalue weighted by molar-refractivity contribution is 0.559. The van der Waals surface area contributed by atoms with Crippen molar-refractivity contribution >= 4 is 10.2 Å². The Kier molecular flexibility index (Phi) is 5.26. The third-order valence-corrected chi connectivity index (χ3v) is 4.00. The Balaban J connectivity index is 1.52. The number of nitrogens with one attached hydrogen (secondary N) is 3. The molecule has 1 aromatic heterocycles. The minimum atomic E-state index is -3.30. The lowest BCUT2D eigenvalue weighted by Crippen LogP contribution is -2.38. The fourth-order valence-electron chi connectivity index (χ4n) is 1.62. The van der Waals surface area contributed by atoms with Crippen molar-refractivity contribution in [2.45, 2.75) is 31.8 Å². The van der Waals surface area contributed by atoms with Crippen LogP contribution in [-0.2, 0) is 16.8 Å². The summed E-state index contributed by atoms with van der Waals surface area (Å²) in [6, 6.07) is 4.05. The Morgan fingerprint density at radius 1 is 1.32 bits per heavy atom. The van der Waals surface area contributed by atoms with Crippen molar-refractivity contribution in [2.24, 2.45) is 0 Å². The second kappa shape index (κ2) is 6.95. The zero-order chi connectivity index (χ0) is 13.6. The van der Waals surface area contributed by atoms with Gasteiger partial charge in [-0.1, -0.05) is 6.07 Å². The first kappa shape index (κ1) is 14.4. The van der Waals surface area contributed by atoms with Gasteiger partial charge in [0.25, 0.3) is 10.2 Å². The second-order valence-corrected chi connectivity index (χ2v) is 6.21. The number of hydrogen-bond acceptors (Lipinski definition) is 4. The molecule has 2 rings (SSSR count). The van der Waals surface area contributed by atoms with Crippen molar-refractivity contribution in [1.29, 1.82) is 0 Å². The predicted molar refractivity (Wildman–Crippen MR) is 73.6 cm³/mol. The third-order valence-electron chi connectivity index (χ3n) is 2.77. The molecule has 0 amide bonds. The van der Waals surface area contributed by atoms with Crippen LogP contribution in [0.2, 0.25) is 0 Å². The normalized spacial score (nSPS) is 15.6. The second-order valence-electron chi connectivity index (χ2n) is 4.68.